The van der Waals surface area contributed by atoms with Crippen molar-refractivity contribution < 1.29 is 18.0 Å². The van der Waals surface area contributed by atoms with E-state index in [2.05, 4.69) is 15.0 Å². The van der Waals surface area contributed by atoms with Gasteiger partial charge in [0, 0.05) is 31.9 Å². The number of aromatic amines is 1. The molecule has 1 aromatic rings. The van der Waals surface area contributed by atoms with Crippen molar-refractivity contribution in [3.63, 3.8) is 0 Å². The lowest BCUT2D eigenvalue weighted by atomic mass is 10.2. The minimum atomic E-state index is -3.88. The van der Waals surface area contributed by atoms with Gasteiger partial charge in [0.25, 0.3) is 5.91 Å². The summed E-state index contributed by atoms with van der Waals surface area (Å²) in [5.74, 6) is -1.05. The van der Waals surface area contributed by atoms with E-state index in [1.54, 1.807) is 4.90 Å². The van der Waals surface area contributed by atoms with Crippen molar-refractivity contribution in [1.29, 1.82) is 0 Å². The Morgan fingerprint density at radius 1 is 1.50 bits per heavy atom. The van der Waals surface area contributed by atoms with E-state index in [1.165, 1.54) is 0 Å². The Kier molecular flexibility index (Phi) is 4.84. The number of piperazine rings is 1. The number of nitrogens with zero attached hydrogens (tertiary/aromatic N) is 1. The summed E-state index contributed by atoms with van der Waals surface area (Å²) in [5, 5.41) is 3.15. The first-order chi connectivity index (χ1) is 10.3. The average Bonchev–Trinajstić information content (AvgIpc) is 2.96. The average molecular weight is 329 g/mol. The number of nitrogens with one attached hydrogen (secondary N) is 3. The Hall–Kier alpha value is -1.91. The number of aromatic nitrogens is 1. The number of rotatable bonds is 5. The van der Waals surface area contributed by atoms with Gasteiger partial charge in [-0.1, -0.05) is 0 Å². The summed E-state index contributed by atoms with van der Waals surface area (Å²) in [7, 11) is -3.88. The predicted octanol–water partition coefficient (Wildman–Crippen LogP) is -1.79. The zero-order chi connectivity index (χ0) is 16.3. The van der Waals surface area contributed by atoms with Crippen LogP contribution in [0.3, 0.4) is 0 Å². The fourth-order valence-electron chi connectivity index (χ4n) is 2.23. The van der Waals surface area contributed by atoms with Gasteiger partial charge in [-0.3, -0.25) is 9.59 Å². The highest BCUT2D eigenvalue weighted by molar-refractivity contribution is 7.89. The number of primary amides is 1. The number of sulfonamides is 1. The van der Waals surface area contributed by atoms with Gasteiger partial charge in [0.05, 0.1) is 6.54 Å². The molecule has 2 amide bonds. The molecule has 22 heavy (non-hydrogen) atoms. The Balaban J connectivity index is 1.99. The lowest BCUT2D eigenvalue weighted by Crippen LogP contribution is -2.54. The van der Waals surface area contributed by atoms with E-state index in [0.717, 1.165) is 12.3 Å². The van der Waals surface area contributed by atoms with Crippen molar-refractivity contribution in [3.8, 4) is 0 Å². The third-order valence-electron chi connectivity index (χ3n) is 3.47. The lowest BCUT2D eigenvalue weighted by Gasteiger charge is -2.34. The van der Waals surface area contributed by atoms with Crippen LogP contribution < -0.4 is 15.8 Å². The zero-order valence-electron chi connectivity index (χ0n) is 12.1. The summed E-state index contributed by atoms with van der Waals surface area (Å²) >= 11 is 0. The van der Waals surface area contributed by atoms with Crippen LogP contribution in [0.4, 0.5) is 0 Å². The molecule has 10 heteroatoms. The molecule has 1 aliphatic rings. The van der Waals surface area contributed by atoms with Crippen molar-refractivity contribution in [2.24, 2.45) is 5.73 Å². The van der Waals surface area contributed by atoms with Crippen molar-refractivity contribution in [3.05, 3.63) is 18.0 Å². The Morgan fingerprint density at radius 2 is 2.23 bits per heavy atom. The zero-order valence-corrected chi connectivity index (χ0v) is 12.9. The number of carbonyl (C=O) groups excluding carboxylic acids is 2. The van der Waals surface area contributed by atoms with Crippen LogP contribution in [0.1, 0.15) is 17.4 Å². The normalized spacial score (nSPS) is 19.1. The number of carbonyl (C=O) groups is 2. The molecule has 1 aliphatic heterocycles. The maximum atomic E-state index is 12.1. The molecule has 0 bridgehead atoms. The van der Waals surface area contributed by atoms with Crippen LogP contribution in [0, 0.1) is 0 Å². The van der Waals surface area contributed by atoms with Gasteiger partial charge in [-0.05, 0) is 13.0 Å². The highest BCUT2D eigenvalue weighted by Gasteiger charge is 2.25. The standard InChI is InChI=1S/C12H19N5O4S/c1-8-5-14-2-3-17(8)11(18)7-16-22(20,21)9-4-10(12(13)19)15-6-9/h4,6,8,14-16H,2-3,5,7H2,1H3,(H2,13,19)/t8-/m0/s1. The molecule has 0 aromatic carbocycles. The van der Waals surface area contributed by atoms with Gasteiger partial charge in [-0.2, -0.15) is 0 Å². The molecule has 0 spiro atoms. The van der Waals surface area contributed by atoms with Crippen LogP contribution in [0.25, 0.3) is 0 Å². The van der Waals surface area contributed by atoms with E-state index in [0.29, 0.717) is 19.6 Å². The Morgan fingerprint density at radius 3 is 2.82 bits per heavy atom. The summed E-state index contributed by atoms with van der Waals surface area (Å²) in [6.45, 7) is 3.46. The number of amides is 2. The molecule has 0 saturated carbocycles. The summed E-state index contributed by atoms with van der Waals surface area (Å²) in [4.78, 5) is 27.0. The molecule has 1 saturated heterocycles. The van der Waals surface area contributed by atoms with Crippen LogP contribution in [0.15, 0.2) is 17.2 Å². The minimum absolute atomic E-state index is 0.0116. The summed E-state index contributed by atoms with van der Waals surface area (Å²) < 4.78 is 26.4. The van der Waals surface area contributed by atoms with Crippen LogP contribution in [-0.2, 0) is 14.8 Å². The maximum absolute atomic E-state index is 12.1. The van der Waals surface area contributed by atoms with Gasteiger partial charge >= 0.3 is 0 Å². The van der Waals surface area contributed by atoms with E-state index in [9.17, 15) is 18.0 Å². The lowest BCUT2D eigenvalue weighted by molar-refractivity contribution is -0.132. The largest absolute Gasteiger partial charge is 0.364 e. The van der Waals surface area contributed by atoms with Crippen LogP contribution in [0.5, 0.6) is 0 Å². The van der Waals surface area contributed by atoms with Gasteiger partial charge in [-0.25, -0.2) is 13.1 Å². The van der Waals surface area contributed by atoms with Gasteiger partial charge < -0.3 is 20.9 Å². The number of H-pyrrole nitrogens is 1. The van der Waals surface area contributed by atoms with E-state index in [1.807, 2.05) is 6.92 Å². The molecule has 5 N–H and O–H groups in total. The van der Waals surface area contributed by atoms with Crippen LogP contribution >= 0.6 is 0 Å². The number of hydrogen-bond acceptors (Lipinski definition) is 5. The highest BCUT2D eigenvalue weighted by atomic mass is 32.2. The van der Waals surface area contributed by atoms with Gasteiger partial charge in [-0.15, -0.1) is 0 Å². The molecule has 1 fully saturated rings. The van der Waals surface area contributed by atoms with Crippen LogP contribution in [-0.4, -0.2) is 62.3 Å². The third kappa shape index (κ3) is 3.64. The molecule has 9 nitrogen and oxygen atoms in total. The van der Waals surface area contributed by atoms with E-state index in [-0.39, 0.29) is 29.1 Å². The maximum Gasteiger partial charge on any atom is 0.265 e. The highest BCUT2D eigenvalue weighted by Crippen LogP contribution is 2.10. The molecule has 0 unspecified atom stereocenters. The molecular weight excluding hydrogens is 310 g/mol. The first-order valence-electron chi connectivity index (χ1n) is 6.79. The van der Waals surface area contributed by atoms with E-state index >= 15 is 0 Å². The molecule has 1 aromatic heterocycles. The minimum Gasteiger partial charge on any atom is -0.364 e. The molecule has 1 atom stereocenters. The van der Waals surface area contributed by atoms with Gasteiger partial charge in [0.15, 0.2) is 0 Å². The number of hydrogen-bond donors (Lipinski definition) is 4. The Labute approximate surface area is 128 Å². The summed E-state index contributed by atoms with van der Waals surface area (Å²) in [6.07, 6.45) is 1.15. The quantitative estimate of drug-likeness (QED) is 0.506. The monoisotopic (exact) mass is 329 g/mol. The van der Waals surface area contributed by atoms with Crippen molar-refractivity contribution >= 4 is 21.8 Å². The van der Waals surface area contributed by atoms with Crippen LogP contribution in [0.2, 0.25) is 0 Å². The molecule has 0 aliphatic carbocycles. The summed E-state index contributed by atoms with van der Waals surface area (Å²) in [5.41, 5.74) is 5.04. The van der Waals surface area contributed by atoms with Crippen molar-refractivity contribution in [2.75, 3.05) is 26.2 Å². The fourth-order valence-corrected chi connectivity index (χ4v) is 3.19. The molecule has 2 rings (SSSR count). The smallest absolute Gasteiger partial charge is 0.265 e. The topological polar surface area (TPSA) is 137 Å². The summed E-state index contributed by atoms with van der Waals surface area (Å²) in [6, 6.07) is 1.14. The molecule has 0 radical (unpaired) electrons. The Bertz CT molecular complexity index is 669. The molecular formula is C12H19N5O4S. The molecule has 2 heterocycles. The number of nitrogens with two attached hydrogens (primary N) is 1. The first kappa shape index (κ1) is 16.5. The van der Waals surface area contributed by atoms with E-state index in [4.69, 9.17) is 5.73 Å². The second kappa shape index (κ2) is 6.46. The molecule has 122 valence electrons. The second-order valence-corrected chi connectivity index (χ2v) is 6.85. The SMILES string of the molecule is C[C@H]1CNCCN1C(=O)CNS(=O)(=O)c1c[nH]c(C(N)=O)c1. The second-order valence-electron chi connectivity index (χ2n) is 5.08. The predicted molar refractivity (Wildman–Crippen MR) is 78.5 cm³/mol. The van der Waals surface area contributed by atoms with Gasteiger partial charge in [0.2, 0.25) is 15.9 Å². The first-order valence-corrected chi connectivity index (χ1v) is 8.27. The third-order valence-corrected chi connectivity index (χ3v) is 4.85. The fraction of sp³-hybridized carbons (Fsp3) is 0.500. The van der Waals surface area contributed by atoms with Crippen molar-refractivity contribution in [2.45, 2.75) is 17.9 Å². The van der Waals surface area contributed by atoms with E-state index < -0.39 is 15.9 Å². The van der Waals surface area contributed by atoms with Gasteiger partial charge in [0.1, 0.15) is 10.6 Å². The van der Waals surface area contributed by atoms with Crippen molar-refractivity contribution in [1.82, 2.24) is 19.9 Å².